The number of carbonyl (C=O) groups excluding carboxylic acids is 1. The minimum atomic E-state index is -0.805. The van der Waals surface area contributed by atoms with E-state index in [1.807, 2.05) is 0 Å². The van der Waals surface area contributed by atoms with Gasteiger partial charge in [0, 0.05) is 13.2 Å². The fourth-order valence-electron chi connectivity index (χ4n) is 1.44. The van der Waals surface area contributed by atoms with Gasteiger partial charge < -0.3 is 15.3 Å². The van der Waals surface area contributed by atoms with Gasteiger partial charge in [-0.1, -0.05) is 0 Å². The Morgan fingerprint density at radius 2 is 2.37 bits per heavy atom. The highest BCUT2D eigenvalue weighted by atomic mass is 19.1. The van der Waals surface area contributed by atoms with Crippen molar-refractivity contribution in [2.75, 3.05) is 5.43 Å². The molecule has 4 N–H and O–H groups in total. The molecule has 8 nitrogen and oxygen atoms in total. The molecule has 0 aliphatic carbocycles. The summed E-state index contributed by atoms with van der Waals surface area (Å²) in [6.45, 7) is 0.141. The van der Waals surface area contributed by atoms with E-state index in [1.54, 1.807) is 11.6 Å². The monoisotopic (exact) mass is 265 g/mol. The predicted octanol–water partition coefficient (Wildman–Crippen LogP) is -0.435. The number of hydrogen-bond acceptors (Lipinski definition) is 6. The van der Waals surface area contributed by atoms with E-state index in [-0.39, 0.29) is 17.9 Å². The minimum Gasteiger partial charge on any atom is -0.345 e. The van der Waals surface area contributed by atoms with Gasteiger partial charge in [0.25, 0.3) is 5.91 Å². The van der Waals surface area contributed by atoms with Crippen LogP contribution in [0.1, 0.15) is 16.2 Å². The highest BCUT2D eigenvalue weighted by Crippen LogP contribution is 2.13. The fraction of sp³-hybridized carbons (Fsp3) is 0.200. The fourth-order valence-corrected chi connectivity index (χ4v) is 1.44. The van der Waals surface area contributed by atoms with Crippen LogP contribution in [0.3, 0.4) is 0 Å². The Morgan fingerprint density at radius 3 is 3.00 bits per heavy atom. The van der Waals surface area contributed by atoms with Gasteiger partial charge in [0.15, 0.2) is 17.5 Å². The lowest BCUT2D eigenvalue weighted by atomic mass is 10.2. The topological polar surface area (TPSA) is 111 Å². The third-order valence-electron chi connectivity index (χ3n) is 2.48. The molecule has 1 amide bonds. The molecule has 2 heterocycles. The van der Waals surface area contributed by atoms with E-state index in [2.05, 4.69) is 25.9 Å². The first-order chi connectivity index (χ1) is 9.13. The summed E-state index contributed by atoms with van der Waals surface area (Å²) in [5, 5.41) is 10.0. The second-order valence-corrected chi connectivity index (χ2v) is 3.71. The molecule has 19 heavy (non-hydrogen) atoms. The molecule has 0 spiro atoms. The Bertz CT molecular complexity index is 597. The molecule has 2 aromatic heterocycles. The van der Waals surface area contributed by atoms with Crippen LogP contribution in [0.4, 0.5) is 10.2 Å². The third-order valence-corrected chi connectivity index (χ3v) is 2.48. The van der Waals surface area contributed by atoms with Crippen molar-refractivity contribution in [1.82, 2.24) is 25.1 Å². The maximum atomic E-state index is 13.8. The third kappa shape index (κ3) is 2.65. The van der Waals surface area contributed by atoms with Gasteiger partial charge in [-0.05, 0) is 6.07 Å². The van der Waals surface area contributed by atoms with E-state index in [0.717, 1.165) is 0 Å². The normalized spacial score (nSPS) is 10.3. The molecule has 0 saturated carbocycles. The second kappa shape index (κ2) is 5.40. The molecule has 0 unspecified atom stereocenters. The SMILES string of the molecule is Cn1cnnc1CNC(=O)c1ccnc(NN)c1F. The van der Waals surface area contributed by atoms with E-state index in [0.29, 0.717) is 5.82 Å². The number of hydrogen-bond donors (Lipinski definition) is 3. The summed E-state index contributed by atoms with van der Waals surface area (Å²) in [6, 6.07) is 1.27. The summed E-state index contributed by atoms with van der Waals surface area (Å²) >= 11 is 0. The van der Waals surface area contributed by atoms with Gasteiger partial charge in [0.05, 0.1) is 12.1 Å². The average molecular weight is 265 g/mol. The van der Waals surface area contributed by atoms with E-state index >= 15 is 0 Å². The molecule has 2 rings (SSSR count). The number of nitrogens with zero attached hydrogens (tertiary/aromatic N) is 4. The number of amides is 1. The molecule has 0 aliphatic heterocycles. The Balaban J connectivity index is 2.10. The van der Waals surface area contributed by atoms with Gasteiger partial charge in [-0.3, -0.25) is 4.79 Å². The molecule has 0 atom stereocenters. The maximum Gasteiger partial charge on any atom is 0.254 e. The highest BCUT2D eigenvalue weighted by Gasteiger charge is 2.15. The van der Waals surface area contributed by atoms with Crippen molar-refractivity contribution >= 4 is 11.7 Å². The molecule has 0 radical (unpaired) electrons. The van der Waals surface area contributed by atoms with Crippen LogP contribution >= 0.6 is 0 Å². The van der Waals surface area contributed by atoms with E-state index in [1.165, 1.54) is 18.6 Å². The van der Waals surface area contributed by atoms with Gasteiger partial charge in [-0.25, -0.2) is 15.2 Å². The van der Waals surface area contributed by atoms with Crippen molar-refractivity contribution in [2.45, 2.75) is 6.54 Å². The van der Waals surface area contributed by atoms with Crippen molar-refractivity contribution in [3.8, 4) is 0 Å². The number of hydrazine groups is 1. The van der Waals surface area contributed by atoms with Crippen molar-refractivity contribution in [1.29, 1.82) is 0 Å². The van der Waals surface area contributed by atoms with Gasteiger partial charge in [-0.15, -0.1) is 10.2 Å². The van der Waals surface area contributed by atoms with Gasteiger partial charge in [-0.2, -0.15) is 0 Å². The lowest BCUT2D eigenvalue weighted by Gasteiger charge is -2.07. The number of anilines is 1. The first-order valence-electron chi connectivity index (χ1n) is 5.35. The summed E-state index contributed by atoms with van der Waals surface area (Å²) < 4.78 is 15.4. The summed E-state index contributed by atoms with van der Waals surface area (Å²) in [5.41, 5.74) is 1.93. The maximum absolute atomic E-state index is 13.8. The quantitative estimate of drug-likeness (QED) is 0.511. The lowest BCUT2D eigenvalue weighted by Crippen LogP contribution is -2.26. The van der Waals surface area contributed by atoms with Crippen molar-refractivity contribution in [3.05, 3.63) is 35.8 Å². The zero-order valence-electron chi connectivity index (χ0n) is 10.1. The van der Waals surface area contributed by atoms with Crippen LogP contribution < -0.4 is 16.6 Å². The van der Waals surface area contributed by atoms with Crippen LogP contribution in [0.15, 0.2) is 18.6 Å². The number of aryl methyl sites for hydroxylation is 1. The molecule has 0 aliphatic rings. The molecular formula is C10H12FN7O. The Kier molecular flexibility index (Phi) is 3.66. The largest absolute Gasteiger partial charge is 0.345 e. The van der Waals surface area contributed by atoms with Crippen LogP contribution in [-0.4, -0.2) is 25.7 Å². The highest BCUT2D eigenvalue weighted by molar-refractivity contribution is 5.95. The molecule has 2 aromatic rings. The average Bonchev–Trinajstić information content (AvgIpc) is 2.82. The minimum absolute atomic E-state index is 0.141. The summed E-state index contributed by atoms with van der Waals surface area (Å²) in [4.78, 5) is 15.5. The Hall–Kier alpha value is -2.55. The summed E-state index contributed by atoms with van der Waals surface area (Å²) in [5.74, 6) is 4.06. The first kappa shape index (κ1) is 12.9. The summed E-state index contributed by atoms with van der Waals surface area (Å²) in [7, 11) is 1.74. The number of rotatable bonds is 4. The smallest absolute Gasteiger partial charge is 0.254 e. The number of halogens is 1. The molecule has 0 aromatic carbocycles. The molecule has 0 fully saturated rings. The lowest BCUT2D eigenvalue weighted by molar-refractivity contribution is 0.0945. The second-order valence-electron chi connectivity index (χ2n) is 3.71. The van der Waals surface area contributed by atoms with Gasteiger partial charge in [0.1, 0.15) is 6.33 Å². The van der Waals surface area contributed by atoms with Crippen molar-refractivity contribution in [3.63, 3.8) is 0 Å². The van der Waals surface area contributed by atoms with Crippen LogP contribution in [0.25, 0.3) is 0 Å². The molecule has 9 heteroatoms. The summed E-state index contributed by atoms with van der Waals surface area (Å²) in [6.07, 6.45) is 2.79. The number of carbonyl (C=O) groups is 1. The number of nitrogen functional groups attached to an aromatic ring is 1. The Labute approximate surface area is 107 Å². The van der Waals surface area contributed by atoms with Gasteiger partial charge in [0.2, 0.25) is 0 Å². The van der Waals surface area contributed by atoms with E-state index < -0.39 is 11.7 Å². The zero-order valence-corrected chi connectivity index (χ0v) is 10.1. The van der Waals surface area contributed by atoms with E-state index in [9.17, 15) is 9.18 Å². The predicted molar refractivity (Wildman–Crippen MR) is 64.2 cm³/mol. The molecule has 0 saturated heterocycles. The first-order valence-corrected chi connectivity index (χ1v) is 5.35. The van der Waals surface area contributed by atoms with Crippen molar-refractivity contribution < 1.29 is 9.18 Å². The molecule has 100 valence electrons. The molecular weight excluding hydrogens is 253 g/mol. The number of nitrogens with two attached hydrogens (primary N) is 1. The number of aromatic nitrogens is 4. The molecule has 0 bridgehead atoms. The van der Waals surface area contributed by atoms with Gasteiger partial charge >= 0.3 is 0 Å². The van der Waals surface area contributed by atoms with E-state index in [4.69, 9.17) is 5.84 Å². The number of nitrogens with one attached hydrogen (secondary N) is 2. The standard InChI is InChI=1S/C10H12FN7O/c1-18-5-15-17-7(18)4-14-10(19)6-2-3-13-9(16-12)8(6)11/h2-3,5H,4,12H2,1H3,(H,13,16)(H,14,19). The zero-order chi connectivity index (χ0) is 13.8. The number of pyridine rings is 1. The Morgan fingerprint density at radius 1 is 1.58 bits per heavy atom. The van der Waals surface area contributed by atoms with Crippen LogP contribution in [-0.2, 0) is 13.6 Å². The van der Waals surface area contributed by atoms with Crippen LogP contribution in [0.2, 0.25) is 0 Å². The van der Waals surface area contributed by atoms with Crippen molar-refractivity contribution in [2.24, 2.45) is 12.9 Å². The van der Waals surface area contributed by atoms with Crippen LogP contribution in [0, 0.1) is 5.82 Å². The van der Waals surface area contributed by atoms with Crippen LogP contribution in [0.5, 0.6) is 0 Å².